The van der Waals surface area contributed by atoms with Crippen molar-refractivity contribution < 1.29 is 9.53 Å². The molecule has 0 N–H and O–H groups in total. The van der Waals surface area contributed by atoms with Crippen LogP contribution in [0.2, 0.25) is 5.02 Å². The Morgan fingerprint density at radius 1 is 1.57 bits per heavy atom. The van der Waals surface area contributed by atoms with Crippen molar-refractivity contribution >= 4 is 17.4 Å². The zero-order valence-electron chi connectivity index (χ0n) is 8.13. The molecule has 2 nitrogen and oxygen atoms in total. The van der Waals surface area contributed by atoms with Crippen LogP contribution in [0.3, 0.4) is 0 Å². The summed E-state index contributed by atoms with van der Waals surface area (Å²) in [5.41, 5.74) is 1.39. The van der Waals surface area contributed by atoms with E-state index in [9.17, 15) is 4.79 Å². The van der Waals surface area contributed by atoms with Gasteiger partial charge in [-0.25, -0.2) is 0 Å². The van der Waals surface area contributed by atoms with Gasteiger partial charge in [-0.2, -0.15) is 0 Å². The SMILES string of the molecule is C=CC(=O)c1cc(Cl)c(OC)cc1C. The Labute approximate surface area is 88.1 Å². The molecule has 0 aliphatic carbocycles. The van der Waals surface area contributed by atoms with Crippen LogP contribution in [0.15, 0.2) is 24.8 Å². The second-order valence-corrected chi connectivity index (χ2v) is 3.28. The average Bonchev–Trinajstić information content (AvgIpc) is 2.19. The van der Waals surface area contributed by atoms with Gasteiger partial charge in [-0.3, -0.25) is 4.79 Å². The quantitative estimate of drug-likeness (QED) is 0.566. The molecular formula is C11H11ClO2. The zero-order valence-corrected chi connectivity index (χ0v) is 8.89. The number of hydrogen-bond donors (Lipinski definition) is 0. The monoisotopic (exact) mass is 210 g/mol. The van der Waals surface area contributed by atoms with Crippen molar-refractivity contribution in [3.63, 3.8) is 0 Å². The molecule has 0 spiro atoms. The number of halogens is 1. The first-order valence-corrected chi connectivity index (χ1v) is 4.49. The van der Waals surface area contributed by atoms with Crippen molar-refractivity contribution in [3.05, 3.63) is 40.9 Å². The number of methoxy groups -OCH3 is 1. The molecule has 0 bridgehead atoms. The van der Waals surface area contributed by atoms with Gasteiger partial charge in [0.1, 0.15) is 5.75 Å². The molecule has 0 aliphatic heterocycles. The number of ketones is 1. The molecule has 0 radical (unpaired) electrons. The van der Waals surface area contributed by atoms with Gasteiger partial charge in [0.2, 0.25) is 0 Å². The van der Waals surface area contributed by atoms with Crippen LogP contribution in [-0.4, -0.2) is 12.9 Å². The first-order chi connectivity index (χ1) is 6.60. The zero-order chi connectivity index (χ0) is 10.7. The van der Waals surface area contributed by atoms with E-state index in [4.69, 9.17) is 16.3 Å². The Kier molecular flexibility index (Phi) is 3.31. The maximum Gasteiger partial charge on any atom is 0.185 e. The average molecular weight is 211 g/mol. The van der Waals surface area contributed by atoms with Crippen LogP contribution in [0.5, 0.6) is 5.75 Å². The highest BCUT2D eigenvalue weighted by Crippen LogP contribution is 2.28. The fourth-order valence-corrected chi connectivity index (χ4v) is 1.43. The van der Waals surface area contributed by atoms with Crippen LogP contribution in [-0.2, 0) is 0 Å². The van der Waals surface area contributed by atoms with E-state index in [1.807, 2.05) is 6.92 Å². The van der Waals surface area contributed by atoms with Crippen molar-refractivity contribution in [2.75, 3.05) is 7.11 Å². The number of allylic oxidation sites excluding steroid dienone is 1. The van der Waals surface area contributed by atoms with Gasteiger partial charge in [-0.05, 0) is 30.7 Å². The van der Waals surface area contributed by atoms with Crippen molar-refractivity contribution in [3.8, 4) is 5.75 Å². The van der Waals surface area contributed by atoms with E-state index < -0.39 is 0 Å². The van der Waals surface area contributed by atoms with E-state index in [1.54, 1.807) is 12.1 Å². The van der Waals surface area contributed by atoms with Gasteiger partial charge in [-0.15, -0.1) is 0 Å². The first kappa shape index (κ1) is 10.8. The Morgan fingerprint density at radius 3 is 2.71 bits per heavy atom. The number of ether oxygens (including phenoxy) is 1. The maximum absolute atomic E-state index is 11.4. The minimum absolute atomic E-state index is 0.132. The summed E-state index contributed by atoms with van der Waals surface area (Å²) in [6.07, 6.45) is 1.27. The lowest BCUT2D eigenvalue weighted by atomic mass is 10.0. The molecule has 0 amide bonds. The van der Waals surface area contributed by atoms with Crippen molar-refractivity contribution in [1.82, 2.24) is 0 Å². The molecule has 0 heterocycles. The third-order valence-electron chi connectivity index (χ3n) is 1.95. The Bertz CT molecular complexity index is 383. The highest BCUT2D eigenvalue weighted by atomic mass is 35.5. The highest BCUT2D eigenvalue weighted by Gasteiger charge is 2.10. The molecule has 0 aliphatic rings. The molecule has 74 valence electrons. The molecule has 14 heavy (non-hydrogen) atoms. The van der Waals surface area contributed by atoms with E-state index in [0.29, 0.717) is 16.3 Å². The van der Waals surface area contributed by atoms with Crippen LogP contribution in [0.25, 0.3) is 0 Å². The van der Waals surface area contributed by atoms with E-state index in [-0.39, 0.29) is 5.78 Å². The second-order valence-electron chi connectivity index (χ2n) is 2.87. The largest absolute Gasteiger partial charge is 0.495 e. The van der Waals surface area contributed by atoms with E-state index in [2.05, 4.69) is 6.58 Å². The number of hydrogen-bond acceptors (Lipinski definition) is 2. The molecule has 0 aromatic heterocycles. The van der Waals surface area contributed by atoms with Gasteiger partial charge in [0.05, 0.1) is 12.1 Å². The summed E-state index contributed by atoms with van der Waals surface area (Å²) < 4.78 is 5.03. The molecule has 0 atom stereocenters. The number of carbonyl (C=O) groups excluding carboxylic acids is 1. The van der Waals surface area contributed by atoms with E-state index in [0.717, 1.165) is 5.56 Å². The summed E-state index contributed by atoms with van der Waals surface area (Å²) in [7, 11) is 1.54. The standard InChI is InChI=1S/C11H11ClO2/c1-4-10(13)8-6-9(12)11(14-3)5-7(8)2/h4-6H,1H2,2-3H3. The maximum atomic E-state index is 11.4. The molecule has 1 aromatic carbocycles. The number of rotatable bonds is 3. The minimum Gasteiger partial charge on any atom is -0.495 e. The summed E-state index contributed by atoms with van der Waals surface area (Å²) >= 11 is 5.89. The van der Waals surface area contributed by atoms with Crippen LogP contribution in [0, 0.1) is 6.92 Å². The molecule has 3 heteroatoms. The van der Waals surface area contributed by atoms with Gasteiger partial charge in [0.15, 0.2) is 5.78 Å². The van der Waals surface area contributed by atoms with Gasteiger partial charge in [0.25, 0.3) is 0 Å². The van der Waals surface area contributed by atoms with Crippen molar-refractivity contribution in [2.24, 2.45) is 0 Å². The first-order valence-electron chi connectivity index (χ1n) is 4.11. The molecule has 0 saturated carbocycles. The third-order valence-corrected chi connectivity index (χ3v) is 2.25. The predicted octanol–water partition coefficient (Wildman–Crippen LogP) is 3.03. The van der Waals surface area contributed by atoms with Crippen LogP contribution < -0.4 is 4.74 Å². The minimum atomic E-state index is -0.132. The summed E-state index contributed by atoms with van der Waals surface area (Å²) in [4.78, 5) is 11.4. The summed E-state index contributed by atoms with van der Waals surface area (Å²) in [6.45, 7) is 5.26. The van der Waals surface area contributed by atoms with Crippen LogP contribution >= 0.6 is 11.6 Å². The van der Waals surface area contributed by atoms with Crippen molar-refractivity contribution in [2.45, 2.75) is 6.92 Å². The third kappa shape index (κ3) is 1.96. The lowest BCUT2D eigenvalue weighted by molar-refractivity contribution is 0.104. The topological polar surface area (TPSA) is 26.3 Å². The molecule has 1 aromatic rings. The second kappa shape index (κ2) is 4.29. The normalized spacial score (nSPS) is 9.64. The van der Waals surface area contributed by atoms with Crippen molar-refractivity contribution in [1.29, 1.82) is 0 Å². The number of carbonyl (C=O) groups is 1. The van der Waals surface area contributed by atoms with Gasteiger partial charge in [-0.1, -0.05) is 18.2 Å². The van der Waals surface area contributed by atoms with Crippen LogP contribution in [0.1, 0.15) is 15.9 Å². The van der Waals surface area contributed by atoms with Gasteiger partial charge < -0.3 is 4.74 Å². The van der Waals surface area contributed by atoms with E-state index >= 15 is 0 Å². The fourth-order valence-electron chi connectivity index (χ4n) is 1.19. The summed E-state index contributed by atoms with van der Waals surface area (Å²) in [6, 6.07) is 3.33. The molecule has 1 rings (SSSR count). The van der Waals surface area contributed by atoms with Gasteiger partial charge in [0, 0.05) is 5.56 Å². The smallest absolute Gasteiger partial charge is 0.185 e. The highest BCUT2D eigenvalue weighted by molar-refractivity contribution is 6.32. The Balaban J connectivity index is 3.28. The molecular weight excluding hydrogens is 200 g/mol. The Morgan fingerprint density at radius 2 is 2.21 bits per heavy atom. The fraction of sp³-hybridized carbons (Fsp3) is 0.182. The summed E-state index contributed by atoms with van der Waals surface area (Å²) in [5, 5.41) is 0.434. The number of aryl methyl sites for hydroxylation is 1. The lowest BCUT2D eigenvalue weighted by Crippen LogP contribution is -1.98. The van der Waals surface area contributed by atoms with Crippen LogP contribution in [0.4, 0.5) is 0 Å². The molecule has 0 saturated heterocycles. The predicted molar refractivity (Wildman–Crippen MR) is 57.3 cm³/mol. The van der Waals surface area contributed by atoms with E-state index in [1.165, 1.54) is 13.2 Å². The lowest BCUT2D eigenvalue weighted by Gasteiger charge is -2.07. The molecule has 0 unspecified atom stereocenters. The molecule has 0 fully saturated rings. The van der Waals surface area contributed by atoms with Gasteiger partial charge >= 0.3 is 0 Å². The Hall–Kier alpha value is -1.28. The summed E-state index contributed by atoms with van der Waals surface area (Å²) in [5.74, 6) is 0.442. The number of benzene rings is 1.